The zero-order valence-electron chi connectivity index (χ0n) is 8.14. The van der Waals surface area contributed by atoms with Crippen molar-refractivity contribution in [3.05, 3.63) is 0 Å². The largest absolute Gasteiger partial charge is 0.378 e. The molecule has 0 aliphatic carbocycles. The van der Waals surface area contributed by atoms with Crippen LogP contribution in [-0.2, 0) is 4.74 Å². The lowest BCUT2D eigenvalue weighted by Crippen LogP contribution is -2.35. The van der Waals surface area contributed by atoms with Crippen LogP contribution in [0.15, 0.2) is 0 Å². The molecule has 1 saturated heterocycles. The molecule has 0 spiro atoms. The second-order valence-corrected chi connectivity index (χ2v) is 3.69. The fraction of sp³-hybridized carbons (Fsp3) is 0.889. The molecule has 13 heavy (non-hydrogen) atoms. The van der Waals surface area contributed by atoms with Gasteiger partial charge in [-0.2, -0.15) is 0 Å². The van der Waals surface area contributed by atoms with Gasteiger partial charge in [-0.15, -0.1) is 0 Å². The number of hydrogen-bond acceptors (Lipinski definition) is 2. The lowest BCUT2D eigenvalue weighted by molar-refractivity contribution is 0.0122. The monoisotopic (exact) mass is 202 g/mol. The second-order valence-electron chi connectivity index (χ2n) is 3.28. The molecule has 1 heterocycles. The Labute approximate surface area is 85.2 Å². The van der Waals surface area contributed by atoms with Gasteiger partial charge >= 0.3 is 0 Å². The van der Waals surface area contributed by atoms with E-state index in [9.17, 15) is 0 Å². The van der Waals surface area contributed by atoms with Gasteiger partial charge in [-0.3, -0.25) is 0 Å². The molecule has 3 nitrogen and oxygen atoms in total. The van der Waals surface area contributed by atoms with Crippen LogP contribution < -0.4 is 10.6 Å². The van der Waals surface area contributed by atoms with E-state index in [-0.39, 0.29) is 0 Å². The minimum atomic E-state index is 0.445. The molecule has 0 aromatic carbocycles. The fourth-order valence-electron chi connectivity index (χ4n) is 1.47. The van der Waals surface area contributed by atoms with E-state index in [4.69, 9.17) is 17.0 Å². The summed E-state index contributed by atoms with van der Waals surface area (Å²) in [6.07, 6.45) is 5.23. The highest BCUT2D eigenvalue weighted by Gasteiger charge is 2.12. The molecule has 0 bridgehead atoms. The van der Waals surface area contributed by atoms with Crippen molar-refractivity contribution in [2.45, 2.75) is 31.8 Å². The van der Waals surface area contributed by atoms with Crippen LogP contribution in [0.3, 0.4) is 0 Å². The van der Waals surface area contributed by atoms with Crippen molar-refractivity contribution in [2.24, 2.45) is 0 Å². The highest BCUT2D eigenvalue weighted by atomic mass is 32.1. The average Bonchev–Trinajstić information content (AvgIpc) is 2.19. The first-order chi connectivity index (χ1) is 6.33. The van der Waals surface area contributed by atoms with Crippen molar-refractivity contribution < 1.29 is 4.74 Å². The Bertz CT molecular complexity index is 158. The van der Waals surface area contributed by atoms with Gasteiger partial charge in [-0.05, 0) is 37.9 Å². The Kier molecular flexibility index (Phi) is 5.08. The molecule has 0 aromatic heterocycles. The third-order valence-corrected chi connectivity index (χ3v) is 2.60. The van der Waals surface area contributed by atoms with Crippen molar-refractivity contribution in [1.29, 1.82) is 0 Å². The third-order valence-electron chi connectivity index (χ3n) is 2.25. The van der Waals surface area contributed by atoms with E-state index >= 15 is 0 Å². The van der Waals surface area contributed by atoms with Gasteiger partial charge in [-0.25, -0.2) is 0 Å². The maximum atomic E-state index is 5.59. The van der Waals surface area contributed by atoms with E-state index in [1.807, 2.05) is 7.05 Å². The van der Waals surface area contributed by atoms with Crippen LogP contribution in [0.2, 0.25) is 0 Å². The maximum Gasteiger partial charge on any atom is 0.166 e. The van der Waals surface area contributed by atoms with Crippen LogP contribution >= 0.6 is 12.2 Å². The highest BCUT2D eigenvalue weighted by molar-refractivity contribution is 7.80. The van der Waals surface area contributed by atoms with Crippen LogP contribution in [0.5, 0.6) is 0 Å². The molecule has 1 aliphatic heterocycles. The van der Waals surface area contributed by atoms with Crippen molar-refractivity contribution in [3.8, 4) is 0 Å². The molecule has 1 fully saturated rings. The van der Waals surface area contributed by atoms with Crippen molar-refractivity contribution in [3.63, 3.8) is 0 Å². The highest BCUT2D eigenvalue weighted by Crippen LogP contribution is 2.14. The summed E-state index contributed by atoms with van der Waals surface area (Å²) < 4.78 is 5.59. The SMILES string of the molecule is CNC(=S)NCCC1CCCCO1. The summed E-state index contributed by atoms with van der Waals surface area (Å²) in [5.74, 6) is 0. The Morgan fingerprint density at radius 2 is 2.38 bits per heavy atom. The van der Waals surface area contributed by atoms with Crippen molar-refractivity contribution in [2.75, 3.05) is 20.2 Å². The number of thiocarbonyl (C=S) groups is 1. The second kappa shape index (κ2) is 6.16. The van der Waals surface area contributed by atoms with E-state index in [1.165, 1.54) is 19.3 Å². The smallest absolute Gasteiger partial charge is 0.166 e. The Hall–Kier alpha value is -0.350. The first-order valence-corrected chi connectivity index (χ1v) is 5.31. The normalized spacial score (nSPS) is 22.4. The Balaban J connectivity index is 2.01. The zero-order chi connectivity index (χ0) is 9.52. The first-order valence-electron chi connectivity index (χ1n) is 4.90. The fourth-order valence-corrected chi connectivity index (χ4v) is 1.57. The maximum absolute atomic E-state index is 5.59. The van der Waals surface area contributed by atoms with Crippen LogP contribution in [-0.4, -0.2) is 31.4 Å². The quantitative estimate of drug-likeness (QED) is 0.670. The molecule has 76 valence electrons. The van der Waals surface area contributed by atoms with Gasteiger partial charge in [0.1, 0.15) is 0 Å². The zero-order valence-corrected chi connectivity index (χ0v) is 8.95. The summed E-state index contributed by atoms with van der Waals surface area (Å²) in [7, 11) is 1.83. The average molecular weight is 202 g/mol. The molecule has 2 N–H and O–H groups in total. The molecule has 1 atom stereocenters. The Morgan fingerprint density at radius 3 is 3.00 bits per heavy atom. The lowest BCUT2D eigenvalue weighted by Gasteiger charge is -2.22. The predicted molar refractivity (Wildman–Crippen MR) is 57.9 cm³/mol. The third kappa shape index (κ3) is 4.43. The summed E-state index contributed by atoms with van der Waals surface area (Å²) in [4.78, 5) is 0. The number of hydrogen-bond donors (Lipinski definition) is 2. The van der Waals surface area contributed by atoms with Gasteiger partial charge in [0.15, 0.2) is 5.11 Å². The topological polar surface area (TPSA) is 33.3 Å². The first kappa shape index (κ1) is 10.7. The molecule has 1 unspecified atom stereocenters. The predicted octanol–water partition coefficient (Wildman–Crippen LogP) is 1.04. The van der Waals surface area contributed by atoms with Crippen LogP contribution in [0, 0.1) is 0 Å². The lowest BCUT2D eigenvalue weighted by atomic mass is 10.1. The van der Waals surface area contributed by atoms with Crippen molar-refractivity contribution in [1.82, 2.24) is 10.6 Å². The molecule has 0 saturated carbocycles. The van der Waals surface area contributed by atoms with E-state index < -0.39 is 0 Å². The molecular weight excluding hydrogens is 184 g/mol. The minimum Gasteiger partial charge on any atom is -0.378 e. The molecule has 0 amide bonds. The minimum absolute atomic E-state index is 0.445. The summed E-state index contributed by atoms with van der Waals surface area (Å²) in [5.41, 5.74) is 0. The standard InChI is InChI=1S/C9H18N2OS/c1-10-9(13)11-6-5-8-4-2-3-7-12-8/h8H,2-7H2,1H3,(H2,10,11,13). The molecule has 1 rings (SSSR count). The summed E-state index contributed by atoms with van der Waals surface area (Å²) >= 11 is 4.96. The van der Waals surface area contributed by atoms with Gasteiger partial charge in [0.2, 0.25) is 0 Å². The number of rotatable bonds is 3. The van der Waals surface area contributed by atoms with Crippen LogP contribution in [0.4, 0.5) is 0 Å². The van der Waals surface area contributed by atoms with E-state index in [2.05, 4.69) is 10.6 Å². The van der Waals surface area contributed by atoms with Gasteiger partial charge in [0, 0.05) is 20.2 Å². The molecule has 0 radical (unpaired) electrons. The number of ether oxygens (including phenoxy) is 1. The Morgan fingerprint density at radius 1 is 1.54 bits per heavy atom. The van der Waals surface area contributed by atoms with E-state index in [0.717, 1.165) is 24.7 Å². The van der Waals surface area contributed by atoms with Gasteiger partial charge in [0.25, 0.3) is 0 Å². The molecule has 4 heteroatoms. The van der Waals surface area contributed by atoms with E-state index in [0.29, 0.717) is 6.10 Å². The van der Waals surface area contributed by atoms with Crippen molar-refractivity contribution >= 4 is 17.3 Å². The van der Waals surface area contributed by atoms with E-state index in [1.54, 1.807) is 0 Å². The van der Waals surface area contributed by atoms with Crippen LogP contribution in [0.25, 0.3) is 0 Å². The summed E-state index contributed by atoms with van der Waals surface area (Å²) in [5, 5.41) is 6.72. The molecule has 0 aromatic rings. The molecular formula is C9H18N2OS. The molecule has 1 aliphatic rings. The van der Waals surface area contributed by atoms with Gasteiger partial charge < -0.3 is 15.4 Å². The van der Waals surface area contributed by atoms with Crippen LogP contribution in [0.1, 0.15) is 25.7 Å². The number of nitrogens with one attached hydrogen (secondary N) is 2. The van der Waals surface area contributed by atoms with Gasteiger partial charge in [-0.1, -0.05) is 0 Å². The summed E-state index contributed by atoms with van der Waals surface area (Å²) in [6, 6.07) is 0. The van der Waals surface area contributed by atoms with Gasteiger partial charge in [0.05, 0.1) is 6.10 Å². The summed E-state index contributed by atoms with van der Waals surface area (Å²) in [6.45, 7) is 1.84.